The van der Waals surface area contributed by atoms with Gasteiger partial charge in [0.15, 0.2) is 0 Å². The predicted molar refractivity (Wildman–Crippen MR) is 95.3 cm³/mol. The van der Waals surface area contributed by atoms with Crippen LogP contribution in [0.5, 0.6) is 0 Å². The summed E-state index contributed by atoms with van der Waals surface area (Å²) in [5.41, 5.74) is 2.85. The lowest BCUT2D eigenvalue weighted by Crippen LogP contribution is -2.47. The third-order valence-electron chi connectivity index (χ3n) is 4.27. The van der Waals surface area contributed by atoms with E-state index in [0.717, 1.165) is 16.8 Å². The largest absolute Gasteiger partial charge is 0.354 e. The molecule has 1 heterocycles. The number of fused-ring (bicyclic) bond motifs is 1. The summed E-state index contributed by atoms with van der Waals surface area (Å²) in [5, 5.41) is 3.63. The van der Waals surface area contributed by atoms with E-state index in [1.807, 2.05) is 48.5 Å². The van der Waals surface area contributed by atoms with Gasteiger partial charge >= 0.3 is 0 Å². The van der Waals surface area contributed by atoms with Gasteiger partial charge in [-0.15, -0.1) is 0 Å². The van der Waals surface area contributed by atoms with Gasteiger partial charge in [-0.05, 0) is 29.7 Å². The predicted octanol–water partition coefficient (Wildman–Crippen LogP) is 2.98. The Kier molecular flexibility index (Phi) is 4.86. The molecule has 1 unspecified atom stereocenters. The van der Waals surface area contributed by atoms with Crippen LogP contribution < -0.4 is 10.2 Å². The molecule has 0 spiro atoms. The van der Waals surface area contributed by atoms with Crippen LogP contribution in [0.4, 0.5) is 5.69 Å². The number of carbonyl (C=O) groups is 2. The molecule has 1 N–H and O–H groups in total. The Labute approximate surface area is 146 Å². The van der Waals surface area contributed by atoms with Crippen molar-refractivity contribution in [3.05, 3.63) is 64.7 Å². The molecule has 0 fully saturated rings. The smallest absolute Gasteiger partial charge is 0.243 e. The van der Waals surface area contributed by atoms with Gasteiger partial charge in [-0.3, -0.25) is 14.5 Å². The summed E-state index contributed by atoms with van der Waals surface area (Å²) >= 11 is 6.13. The van der Waals surface area contributed by atoms with E-state index in [9.17, 15) is 9.59 Å². The first kappa shape index (κ1) is 16.5. The third-order valence-corrected chi connectivity index (χ3v) is 4.64. The quantitative estimate of drug-likeness (QED) is 0.928. The van der Waals surface area contributed by atoms with Gasteiger partial charge in [0, 0.05) is 30.6 Å². The first-order valence-electron chi connectivity index (χ1n) is 7.96. The molecule has 1 aliphatic rings. The summed E-state index contributed by atoms with van der Waals surface area (Å²) in [7, 11) is 0. The zero-order valence-electron chi connectivity index (χ0n) is 13.5. The number of para-hydroxylation sites is 1. The van der Waals surface area contributed by atoms with Crippen molar-refractivity contribution in [3.63, 3.8) is 0 Å². The van der Waals surface area contributed by atoms with Gasteiger partial charge in [0.1, 0.15) is 6.04 Å². The number of amides is 2. The zero-order chi connectivity index (χ0) is 17.1. The van der Waals surface area contributed by atoms with Crippen LogP contribution in [0.15, 0.2) is 48.5 Å². The molecular weight excluding hydrogens is 324 g/mol. The lowest BCUT2D eigenvalue weighted by atomic mass is 10.1. The SMILES string of the molecule is CC(=O)N1c2ccccc2CC1C(=O)NCCc1ccccc1Cl. The van der Waals surface area contributed by atoms with Crippen LogP contribution in [-0.4, -0.2) is 24.4 Å². The van der Waals surface area contributed by atoms with Crippen LogP contribution in [0.1, 0.15) is 18.1 Å². The van der Waals surface area contributed by atoms with E-state index in [2.05, 4.69) is 5.32 Å². The second-order valence-corrected chi connectivity index (χ2v) is 6.28. The van der Waals surface area contributed by atoms with Crippen molar-refractivity contribution in [2.75, 3.05) is 11.4 Å². The standard InChI is InChI=1S/C19H19ClN2O2/c1-13(23)22-17-9-5-3-7-15(17)12-18(22)19(24)21-11-10-14-6-2-4-8-16(14)20/h2-9,18H,10-12H2,1H3,(H,21,24). The third kappa shape index (κ3) is 3.29. The van der Waals surface area contributed by atoms with E-state index in [1.165, 1.54) is 6.92 Å². The molecule has 2 aromatic carbocycles. The number of carbonyl (C=O) groups excluding carboxylic acids is 2. The van der Waals surface area contributed by atoms with E-state index >= 15 is 0 Å². The van der Waals surface area contributed by atoms with Crippen molar-refractivity contribution < 1.29 is 9.59 Å². The summed E-state index contributed by atoms with van der Waals surface area (Å²) in [6.45, 7) is 1.98. The fourth-order valence-corrected chi connectivity index (χ4v) is 3.35. The number of hydrogen-bond donors (Lipinski definition) is 1. The minimum Gasteiger partial charge on any atom is -0.354 e. The molecule has 4 nitrogen and oxygen atoms in total. The molecule has 0 aromatic heterocycles. The van der Waals surface area contributed by atoms with E-state index in [-0.39, 0.29) is 11.8 Å². The summed E-state index contributed by atoms with van der Waals surface area (Å²) < 4.78 is 0. The summed E-state index contributed by atoms with van der Waals surface area (Å²) in [6, 6.07) is 14.8. The number of nitrogens with zero attached hydrogens (tertiary/aromatic N) is 1. The Bertz CT molecular complexity index is 775. The second kappa shape index (κ2) is 7.05. The molecule has 124 valence electrons. The molecule has 0 aliphatic carbocycles. The number of anilines is 1. The molecule has 1 atom stereocenters. The van der Waals surface area contributed by atoms with Crippen LogP contribution in [0.2, 0.25) is 5.02 Å². The monoisotopic (exact) mass is 342 g/mol. The number of halogens is 1. The van der Waals surface area contributed by atoms with Gasteiger partial charge in [-0.25, -0.2) is 0 Å². The average Bonchev–Trinajstić information content (AvgIpc) is 2.96. The van der Waals surface area contributed by atoms with Crippen molar-refractivity contribution in [2.24, 2.45) is 0 Å². The molecule has 3 rings (SSSR count). The maximum Gasteiger partial charge on any atom is 0.243 e. The van der Waals surface area contributed by atoms with Crippen molar-refractivity contribution in [1.29, 1.82) is 0 Å². The van der Waals surface area contributed by atoms with Crippen LogP contribution in [0, 0.1) is 0 Å². The Balaban J connectivity index is 1.65. The second-order valence-electron chi connectivity index (χ2n) is 5.87. The van der Waals surface area contributed by atoms with Crippen molar-refractivity contribution >= 4 is 29.1 Å². The zero-order valence-corrected chi connectivity index (χ0v) is 14.2. The van der Waals surface area contributed by atoms with Gasteiger partial charge in [-0.2, -0.15) is 0 Å². The molecule has 0 bridgehead atoms. The first-order valence-corrected chi connectivity index (χ1v) is 8.34. The Morgan fingerprint density at radius 3 is 2.62 bits per heavy atom. The number of nitrogens with one attached hydrogen (secondary N) is 1. The highest BCUT2D eigenvalue weighted by molar-refractivity contribution is 6.31. The van der Waals surface area contributed by atoms with E-state index in [4.69, 9.17) is 11.6 Å². The molecule has 0 radical (unpaired) electrons. The molecule has 2 amide bonds. The maximum atomic E-state index is 12.6. The molecule has 1 aliphatic heterocycles. The molecular formula is C19H19ClN2O2. The van der Waals surface area contributed by atoms with Gasteiger partial charge < -0.3 is 5.32 Å². The lowest BCUT2D eigenvalue weighted by Gasteiger charge is -2.23. The normalized spacial score (nSPS) is 15.9. The minimum atomic E-state index is -0.480. The highest BCUT2D eigenvalue weighted by atomic mass is 35.5. The fourth-order valence-electron chi connectivity index (χ4n) is 3.12. The molecule has 0 saturated heterocycles. The Morgan fingerprint density at radius 2 is 1.88 bits per heavy atom. The highest BCUT2D eigenvalue weighted by Crippen LogP contribution is 2.32. The fraction of sp³-hybridized carbons (Fsp3) is 0.263. The maximum absolute atomic E-state index is 12.6. The topological polar surface area (TPSA) is 49.4 Å². The summed E-state index contributed by atoms with van der Waals surface area (Å²) in [6.07, 6.45) is 1.21. The molecule has 0 saturated carbocycles. The molecule has 5 heteroatoms. The number of hydrogen-bond acceptors (Lipinski definition) is 2. The van der Waals surface area contributed by atoms with E-state index in [0.29, 0.717) is 24.4 Å². The number of rotatable bonds is 4. The molecule has 2 aromatic rings. The van der Waals surface area contributed by atoms with Gasteiger partial charge in [0.05, 0.1) is 0 Å². The van der Waals surface area contributed by atoms with Gasteiger partial charge in [0.2, 0.25) is 11.8 Å². The number of benzene rings is 2. The first-order chi connectivity index (χ1) is 11.6. The van der Waals surface area contributed by atoms with Crippen molar-refractivity contribution in [3.8, 4) is 0 Å². The van der Waals surface area contributed by atoms with Crippen LogP contribution in [0.25, 0.3) is 0 Å². The van der Waals surface area contributed by atoms with Crippen LogP contribution in [0.3, 0.4) is 0 Å². The Hall–Kier alpha value is -2.33. The van der Waals surface area contributed by atoms with Gasteiger partial charge in [-0.1, -0.05) is 48.0 Å². The van der Waals surface area contributed by atoms with E-state index in [1.54, 1.807) is 4.90 Å². The van der Waals surface area contributed by atoms with E-state index < -0.39 is 6.04 Å². The summed E-state index contributed by atoms with van der Waals surface area (Å²) in [5.74, 6) is -0.250. The highest BCUT2D eigenvalue weighted by Gasteiger charge is 2.36. The van der Waals surface area contributed by atoms with Crippen molar-refractivity contribution in [2.45, 2.75) is 25.8 Å². The minimum absolute atomic E-state index is 0.119. The average molecular weight is 343 g/mol. The van der Waals surface area contributed by atoms with Crippen molar-refractivity contribution in [1.82, 2.24) is 5.32 Å². The Morgan fingerprint density at radius 1 is 1.17 bits per heavy atom. The summed E-state index contributed by atoms with van der Waals surface area (Å²) in [4.78, 5) is 26.1. The van der Waals surface area contributed by atoms with Crippen LogP contribution >= 0.6 is 11.6 Å². The molecule has 24 heavy (non-hydrogen) atoms. The van der Waals surface area contributed by atoms with Crippen LogP contribution in [-0.2, 0) is 22.4 Å². The lowest BCUT2D eigenvalue weighted by molar-refractivity contribution is -0.125. The van der Waals surface area contributed by atoms with Gasteiger partial charge in [0.25, 0.3) is 0 Å².